The molecule has 0 atom stereocenters. The van der Waals surface area contributed by atoms with E-state index in [2.05, 4.69) is 22.6 Å². The summed E-state index contributed by atoms with van der Waals surface area (Å²) in [5, 5.41) is 0. The zero-order valence-corrected chi connectivity index (χ0v) is 13.5. The maximum Gasteiger partial charge on any atom is 0.508 e. The Morgan fingerprint density at radius 2 is 1.04 bits per heavy atom. The first-order chi connectivity index (χ1) is 11.2. The van der Waals surface area contributed by atoms with Crippen LogP contribution in [0.5, 0.6) is 0 Å². The lowest BCUT2D eigenvalue weighted by Gasteiger charge is -2.06. The SMILES string of the molecule is C=CCOC(=O)OCCCCOCCCCOC(=O)OCC=C. The van der Waals surface area contributed by atoms with Crippen LogP contribution in [0.4, 0.5) is 9.59 Å². The van der Waals surface area contributed by atoms with Crippen LogP contribution in [-0.4, -0.2) is 52.0 Å². The summed E-state index contributed by atoms with van der Waals surface area (Å²) in [6, 6.07) is 0. The molecule has 0 saturated heterocycles. The van der Waals surface area contributed by atoms with Crippen LogP contribution in [0.1, 0.15) is 25.7 Å². The van der Waals surface area contributed by atoms with Gasteiger partial charge in [0.1, 0.15) is 13.2 Å². The summed E-state index contributed by atoms with van der Waals surface area (Å²) in [6.45, 7) is 8.95. The molecule has 0 bridgehead atoms. The zero-order chi connectivity index (χ0) is 17.2. The monoisotopic (exact) mass is 330 g/mol. The van der Waals surface area contributed by atoms with Crippen LogP contribution in [0.3, 0.4) is 0 Å². The molecule has 0 aromatic heterocycles. The minimum Gasteiger partial charge on any atom is -0.434 e. The van der Waals surface area contributed by atoms with Crippen molar-refractivity contribution in [2.45, 2.75) is 25.7 Å². The molecule has 0 aliphatic rings. The molecule has 0 fully saturated rings. The first kappa shape index (κ1) is 21.0. The second-order valence-corrected chi connectivity index (χ2v) is 4.42. The topological polar surface area (TPSA) is 80.3 Å². The van der Waals surface area contributed by atoms with Gasteiger partial charge in [0.15, 0.2) is 0 Å². The molecule has 132 valence electrons. The largest absolute Gasteiger partial charge is 0.508 e. The van der Waals surface area contributed by atoms with Gasteiger partial charge < -0.3 is 23.7 Å². The van der Waals surface area contributed by atoms with Crippen LogP contribution in [0.15, 0.2) is 25.3 Å². The van der Waals surface area contributed by atoms with Crippen LogP contribution in [0, 0.1) is 0 Å². The molecular formula is C16H26O7. The Kier molecular flexibility index (Phi) is 14.9. The predicted octanol–water partition coefficient (Wildman–Crippen LogP) is 3.24. The van der Waals surface area contributed by atoms with Crippen LogP contribution in [0.25, 0.3) is 0 Å². The summed E-state index contributed by atoms with van der Waals surface area (Å²) in [5.74, 6) is 0. The molecule has 0 aliphatic heterocycles. The van der Waals surface area contributed by atoms with E-state index in [0.29, 0.717) is 39.3 Å². The molecule has 0 amide bonds. The van der Waals surface area contributed by atoms with E-state index in [1.54, 1.807) is 0 Å². The molecule has 0 unspecified atom stereocenters. The molecule has 0 rings (SSSR count). The highest BCUT2D eigenvalue weighted by molar-refractivity contribution is 5.60. The highest BCUT2D eigenvalue weighted by Crippen LogP contribution is 1.97. The summed E-state index contributed by atoms with van der Waals surface area (Å²) in [5.41, 5.74) is 0. The Labute approximate surface area is 137 Å². The van der Waals surface area contributed by atoms with Gasteiger partial charge in [0, 0.05) is 13.2 Å². The number of hydrogen-bond acceptors (Lipinski definition) is 7. The lowest BCUT2D eigenvalue weighted by molar-refractivity contribution is 0.0558. The van der Waals surface area contributed by atoms with Crippen molar-refractivity contribution in [3.63, 3.8) is 0 Å². The molecule has 7 heteroatoms. The minimum atomic E-state index is -0.683. The Morgan fingerprint density at radius 3 is 1.43 bits per heavy atom. The van der Waals surface area contributed by atoms with Crippen LogP contribution < -0.4 is 0 Å². The first-order valence-electron chi connectivity index (χ1n) is 7.59. The summed E-state index contributed by atoms with van der Waals surface area (Å²) in [7, 11) is 0. The van der Waals surface area contributed by atoms with E-state index in [-0.39, 0.29) is 13.2 Å². The predicted molar refractivity (Wildman–Crippen MR) is 84.3 cm³/mol. The van der Waals surface area contributed by atoms with Crippen molar-refractivity contribution >= 4 is 12.3 Å². The lowest BCUT2D eigenvalue weighted by atomic mass is 10.3. The number of hydrogen-bond donors (Lipinski definition) is 0. The van der Waals surface area contributed by atoms with Crippen molar-refractivity contribution in [2.75, 3.05) is 39.6 Å². The fraction of sp³-hybridized carbons (Fsp3) is 0.625. The number of unbranched alkanes of at least 4 members (excludes halogenated alkanes) is 2. The van der Waals surface area contributed by atoms with Crippen molar-refractivity contribution in [2.24, 2.45) is 0 Å². The summed E-state index contributed by atoms with van der Waals surface area (Å²) < 4.78 is 24.4. The molecule has 0 aliphatic carbocycles. The molecule has 7 nitrogen and oxygen atoms in total. The van der Waals surface area contributed by atoms with E-state index in [9.17, 15) is 9.59 Å². The van der Waals surface area contributed by atoms with Crippen molar-refractivity contribution in [1.29, 1.82) is 0 Å². The summed E-state index contributed by atoms with van der Waals surface area (Å²) in [4.78, 5) is 21.9. The maximum absolute atomic E-state index is 11.0. The van der Waals surface area contributed by atoms with Gasteiger partial charge >= 0.3 is 12.3 Å². The highest BCUT2D eigenvalue weighted by Gasteiger charge is 2.02. The molecule has 0 radical (unpaired) electrons. The van der Waals surface area contributed by atoms with Crippen LogP contribution >= 0.6 is 0 Å². The third-order valence-electron chi connectivity index (χ3n) is 2.44. The zero-order valence-electron chi connectivity index (χ0n) is 13.5. The van der Waals surface area contributed by atoms with E-state index in [4.69, 9.17) is 14.2 Å². The molecule has 23 heavy (non-hydrogen) atoms. The molecule has 0 aromatic carbocycles. The number of carbonyl (C=O) groups is 2. The minimum absolute atomic E-state index is 0.150. The average molecular weight is 330 g/mol. The van der Waals surface area contributed by atoms with E-state index in [1.807, 2.05) is 0 Å². The number of carbonyl (C=O) groups excluding carboxylic acids is 2. The highest BCUT2D eigenvalue weighted by atomic mass is 16.7. The van der Waals surface area contributed by atoms with Crippen LogP contribution in [0.2, 0.25) is 0 Å². The maximum atomic E-state index is 11.0. The van der Waals surface area contributed by atoms with Gasteiger partial charge in [-0.05, 0) is 25.7 Å². The molecule has 0 N–H and O–H groups in total. The van der Waals surface area contributed by atoms with Gasteiger partial charge in [0.25, 0.3) is 0 Å². The molecule has 0 saturated carbocycles. The third kappa shape index (κ3) is 16.2. The van der Waals surface area contributed by atoms with Crippen molar-refractivity contribution in [3.8, 4) is 0 Å². The second kappa shape index (κ2) is 16.4. The Bertz CT molecular complexity index is 309. The van der Waals surface area contributed by atoms with Crippen LogP contribution in [-0.2, 0) is 23.7 Å². The van der Waals surface area contributed by atoms with Crippen molar-refractivity contribution in [3.05, 3.63) is 25.3 Å². The lowest BCUT2D eigenvalue weighted by Crippen LogP contribution is -2.09. The van der Waals surface area contributed by atoms with E-state index in [1.165, 1.54) is 12.2 Å². The summed E-state index contributed by atoms with van der Waals surface area (Å²) in [6.07, 6.45) is 4.59. The molecule has 0 spiro atoms. The molecular weight excluding hydrogens is 304 g/mol. The van der Waals surface area contributed by atoms with Gasteiger partial charge in [-0.15, -0.1) is 0 Å². The van der Waals surface area contributed by atoms with Gasteiger partial charge in [0.2, 0.25) is 0 Å². The smallest absolute Gasteiger partial charge is 0.434 e. The average Bonchev–Trinajstić information content (AvgIpc) is 2.55. The molecule has 0 aromatic rings. The fourth-order valence-corrected chi connectivity index (χ4v) is 1.36. The Hall–Kier alpha value is -2.02. The normalized spacial score (nSPS) is 9.74. The number of ether oxygens (including phenoxy) is 5. The van der Waals surface area contributed by atoms with Gasteiger partial charge in [0.05, 0.1) is 13.2 Å². The second-order valence-electron chi connectivity index (χ2n) is 4.42. The Balaban J connectivity index is 3.18. The standard InChI is InChI=1S/C16H26O7/c1-3-9-20-15(17)22-13-7-5-11-19-12-6-8-14-23-16(18)21-10-4-2/h3-4H,1-2,5-14H2. The summed E-state index contributed by atoms with van der Waals surface area (Å²) >= 11 is 0. The van der Waals surface area contributed by atoms with E-state index >= 15 is 0 Å². The van der Waals surface area contributed by atoms with Gasteiger partial charge in [-0.25, -0.2) is 9.59 Å². The number of rotatable bonds is 14. The van der Waals surface area contributed by atoms with E-state index < -0.39 is 12.3 Å². The van der Waals surface area contributed by atoms with Gasteiger partial charge in [-0.3, -0.25) is 0 Å². The first-order valence-corrected chi connectivity index (χ1v) is 7.59. The van der Waals surface area contributed by atoms with Crippen molar-refractivity contribution < 1.29 is 33.3 Å². The third-order valence-corrected chi connectivity index (χ3v) is 2.44. The quantitative estimate of drug-likeness (QED) is 0.275. The van der Waals surface area contributed by atoms with Crippen molar-refractivity contribution in [1.82, 2.24) is 0 Å². The molecule has 0 heterocycles. The van der Waals surface area contributed by atoms with Gasteiger partial charge in [-0.2, -0.15) is 0 Å². The van der Waals surface area contributed by atoms with Gasteiger partial charge in [-0.1, -0.05) is 25.3 Å². The van der Waals surface area contributed by atoms with E-state index in [0.717, 1.165) is 12.8 Å². The Morgan fingerprint density at radius 1 is 0.652 bits per heavy atom. The fourth-order valence-electron chi connectivity index (χ4n) is 1.36.